The summed E-state index contributed by atoms with van der Waals surface area (Å²) in [4.78, 5) is 21.7. The van der Waals surface area contributed by atoms with Crippen molar-refractivity contribution >= 4 is 30.7 Å². The molecule has 184 valence electrons. The normalized spacial score (nSPS) is 20.2. The van der Waals surface area contributed by atoms with Crippen molar-refractivity contribution in [2.45, 2.75) is 57.5 Å². The van der Waals surface area contributed by atoms with Crippen LogP contribution >= 0.6 is 24.8 Å². The standard InChI is InChI=1S/C24H34N4O3.2ClH/c25-17-23-26-22(18-31-23)24(29)28-13-4-3-12-27-11-2-1-7-20(27)10-9-19-6-5-8-21(16-19)30-15-14-28;;/h5-6,8,16,18,20H,1-4,7,9-15,17,25H2;2*1H. The highest BCUT2D eigenvalue weighted by molar-refractivity contribution is 5.92. The molecule has 0 spiro atoms. The predicted molar refractivity (Wildman–Crippen MR) is 133 cm³/mol. The van der Waals surface area contributed by atoms with Gasteiger partial charge in [-0.1, -0.05) is 18.6 Å². The molecule has 0 aliphatic carbocycles. The first-order chi connectivity index (χ1) is 15.2. The van der Waals surface area contributed by atoms with Gasteiger partial charge < -0.3 is 24.7 Å². The van der Waals surface area contributed by atoms with Crippen LogP contribution in [-0.2, 0) is 13.0 Å². The van der Waals surface area contributed by atoms with Gasteiger partial charge in [-0.25, -0.2) is 4.98 Å². The van der Waals surface area contributed by atoms with Gasteiger partial charge in [-0.2, -0.15) is 0 Å². The average Bonchev–Trinajstić information content (AvgIpc) is 3.28. The average molecular weight is 499 g/mol. The van der Waals surface area contributed by atoms with Crippen LogP contribution in [0.1, 0.15) is 60.5 Å². The van der Waals surface area contributed by atoms with Gasteiger partial charge in [0, 0.05) is 12.6 Å². The molecule has 1 aromatic heterocycles. The van der Waals surface area contributed by atoms with E-state index < -0.39 is 0 Å². The summed E-state index contributed by atoms with van der Waals surface area (Å²) in [5.74, 6) is 1.12. The van der Waals surface area contributed by atoms with E-state index in [1.54, 1.807) is 0 Å². The largest absolute Gasteiger partial charge is 0.492 e. The SMILES string of the molecule is Cl.Cl.NCc1nc(C(=O)N2CCCCN3CCCCC3CCc3cccc(c3)OCC2)co1. The van der Waals surface area contributed by atoms with Crippen LogP contribution in [0, 0.1) is 0 Å². The lowest BCUT2D eigenvalue weighted by Crippen LogP contribution is -2.41. The van der Waals surface area contributed by atoms with E-state index in [1.807, 2.05) is 11.0 Å². The molecule has 1 saturated heterocycles. The molecule has 2 bridgehead atoms. The summed E-state index contributed by atoms with van der Waals surface area (Å²) in [6.07, 6.45) is 9.64. The summed E-state index contributed by atoms with van der Waals surface area (Å²) in [5, 5.41) is 0. The minimum atomic E-state index is -0.124. The zero-order valence-corrected chi connectivity index (χ0v) is 20.7. The summed E-state index contributed by atoms with van der Waals surface area (Å²) in [6.45, 7) is 4.13. The van der Waals surface area contributed by atoms with Gasteiger partial charge in [0.05, 0.1) is 13.1 Å². The van der Waals surface area contributed by atoms with Crippen molar-refractivity contribution in [1.29, 1.82) is 0 Å². The number of aromatic nitrogens is 1. The quantitative estimate of drug-likeness (QED) is 0.671. The molecule has 7 nitrogen and oxygen atoms in total. The van der Waals surface area contributed by atoms with Crippen molar-refractivity contribution in [3.8, 4) is 5.75 Å². The molecule has 2 aliphatic heterocycles. The second kappa shape index (κ2) is 13.8. The van der Waals surface area contributed by atoms with Crippen LogP contribution < -0.4 is 10.5 Å². The zero-order valence-electron chi connectivity index (χ0n) is 19.1. The Labute approximate surface area is 208 Å². The first-order valence-electron chi connectivity index (χ1n) is 11.6. The number of hydrogen-bond acceptors (Lipinski definition) is 6. The number of halogens is 2. The molecule has 2 aromatic rings. The van der Waals surface area contributed by atoms with Gasteiger partial charge in [0.15, 0.2) is 5.69 Å². The van der Waals surface area contributed by atoms with Gasteiger partial charge in [-0.05, 0) is 69.3 Å². The second-order valence-corrected chi connectivity index (χ2v) is 8.55. The monoisotopic (exact) mass is 498 g/mol. The summed E-state index contributed by atoms with van der Waals surface area (Å²) in [5.41, 5.74) is 7.21. The van der Waals surface area contributed by atoms with Crippen molar-refractivity contribution < 1.29 is 13.9 Å². The third kappa shape index (κ3) is 7.60. The Bertz CT molecular complexity index is 864. The highest BCUT2D eigenvalue weighted by atomic mass is 35.5. The highest BCUT2D eigenvalue weighted by Gasteiger charge is 2.23. The summed E-state index contributed by atoms with van der Waals surface area (Å²) in [7, 11) is 0. The number of piperidine rings is 1. The van der Waals surface area contributed by atoms with Crippen molar-refractivity contribution in [1.82, 2.24) is 14.8 Å². The number of amides is 1. The molecule has 9 heteroatoms. The molecule has 4 rings (SSSR count). The Balaban J connectivity index is 0.00000193. The fraction of sp³-hybridized carbons (Fsp3) is 0.583. The number of carbonyl (C=O) groups is 1. The van der Waals surface area contributed by atoms with E-state index in [1.165, 1.54) is 44.1 Å². The Morgan fingerprint density at radius 2 is 1.85 bits per heavy atom. The van der Waals surface area contributed by atoms with Crippen LogP contribution in [-0.4, -0.2) is 59.5 Å². The first-order valence-corrected chi connectivity index (χ1v) is 11.6. The Hall–Kier alpha value is -1.80. The summed E-state index contributed by atoms with van der Waals surface area (Å²) < 4.78 is 11.3. The minimum absolute atomic E-state index is 0. The van der Waals surface area contributed by atoms with E-state index in [-0.39, 0.29) is 37.3 Å². The van der Waals surface area contributed by atoms with Gasteiger partial charge in [0.1, 0.15) is 18.6 Å². The number of nitrogens with zero attached hydrogens (tertiary/aromatic N) is 3. The van der Waals surface area contributed by atoms with Crippen LogP contribution in [0.2, 0.25) is 0 Å². The van der Waals surface area contributed by atoms with Gasteiger partial charge in [-0.3, -0.25) is 4.79 Å². The number of rotatable bonds is 2. The number of ether oxygens (including phenoxy) is 1. The van der Waals surface area contributed by atoms with Gasteiger partial charge in [-0.15, -0.1) is 24.8 Å². The zero-order chi connectivity index (χ0) is 21.5. The number of hydrogen-bond donors (Lipinski definition) is 1. The second-order valence-electron chi connectivity index (χ2n) is 8.55. The topological polar surface area (TPSA) is 84.8 Å². The van der Waals surface area contributed by atoms with Gasteiger partial charge in [0.2, 0.25) is 5.89 Å². The fourth-order valence-corrected chi connectivity index (χ4v) is 4.68. The van der Waals surface area contributed by atoms with Gasteiger partial charge in [0.25, 0.3) is 5.91 Å². The molecule has 33 heavy (non-hydrogen) atoms. The third-order valence-electron chi connectivity index (χ3n) is 6.40. The Morgan fingerprint density at radius 3 is 2.64 bits per heavy atom. The Kier molecular flexibility index (Phi) is 11.5. The number of benzene rings is 1. The van der Waals surface area contributed by atoms with Crippen LogP contribution in [0.3, 0.4) is 0 Å². The number of fused-ring (bicyclic) bond motifs is 3. The minimum Gasteiger partial charge on any atom is -0.492 e. The van der Waals surface area contributed by atoms with E-state index in [0.29, 0.717) is 37.3 Å². The molecular formula is C24H36Cl2N4O3. The van der Waals surface area contributed by atoms with Crippen molar-refractivity contribution in [2.24, 2.45) is 5.73 Å². The molecule has 2 aliphatic rings. The number of aryl methyl sites for hydroxylation is 1. The molecule has 1 fully saturated rings. The summed E-state index contributed by atoms with van der Waals surface area (Å²) >= 11 is 0. The van der Waals surface area contributed by atoms with Crippen molar-refractivity contribution in [2.75, 3.05) is 32.8 Å². The fourth-order valence-electron chi connectivity index (χ4n) is 4.68. The molecule has 2 N–H and O–H groups in total. The van der Waals surface area contributed by atoms with E-state index in [2.05, 4.69) is 28.1 Å². The highest BCUT2D eigenvalue weighted by Crippen LogP contribution is 2.23. The van der Waals surface area contributed by atoms with Crippen LogP contribution in [0.25, 0.3) is 0 Å². The summed E-state index contributed by atoms with van der Waals surface area (Å²) in [6, 6.07) is 9.04. The number of oxazole rings is 1. The molecule has 3 heterocycles. The third-order valence-corrected chi connectivity index (χ3v) is 6.40. The van der Waals surface area contributed by atoms with Crippen molar-refractivity contribution in [3.05, 3.63) is 47.7 Å². The molecular weight excluding hydrogens is 463 g/mol. The van der Waals surface area contributed by atoms with E-state index in [4.69, 9.17) is 14.9 Å². The molecule has 1 amide bonds. The van der Waals surface area contributed by atoms with Crippen LogP contribution in [0.5, 0.6) is 5.75 Å². The smallest absolute Gasteiger partial charge is 0.275 e. The predicted octanol–water partition coefficient (Wildman–Crippen LogP) is 4.08. The van der Waals surface area contributed by atoms with Crippen molar-refractivity contribution in [3.63, 3.8) is 0 Å². The molecule has 0 radical (unpaired) electrons. The maximum atomic E-state index is 13.0. The molecule has 0 saturated carbocycles. The molecule has 1 unspecified atom stereocenters. The lowest BCUT2D eigenvalue weighted by Gasteiger charge is -2.36. The first kappa shape index (κ1) is 27.4. The Morgan fingerprint density at radius 1 is 1.06 bits per heavy atom. The molecule has 1 atom stereocenters. The van der Waals surface area contributed by atoms with Crippen LogP contribution in [0.15, 0.2) is 34.9 Å². The lowest BCUT2D eigenvalue weighted by atomic mass is 9.95. The maximum Gasteiger partial charge on any atom is 0.275 e. The lowest BCUT2D eigenvalue weighted by molar-refractivity contribution is 0.0715. The number of carbonyl (C=O) groups excluding carboxylic acids is 1. The van der Waals surface area contributed by atoms with E-state index in [0.717, 1.165) is 31.6 Å². The van der Waals surface area contributed by atoms with E-state index >= 15 is 0 Å². The van der Waals surface area contributed by atoms with E-state index in [9.17, 15) is 4.79 Å². The molecule has 1 aromatic carbocycles. The number of nitrogens with two attached hydrogens (primary N) is 1. The van der Waals surface area contributed by atoms with Gasteiger partial charge >= 0.3 is 0 Å². The van der Waals surface area contributed by atoms with Crippen LogP contribution in [0.4, 0.5) is 0 Å². The maximum absolute atomic E-state index is 13.0.